The number of rotatable bonds is 8. The first-order chi connectivity index (χ1) is 11.7. The second-order valence-electron chi connectivity index (χ2n) is 6.85. The molecule has 0 saturated heterocycles. The lowest BCUT2D eigenvalue weighted by Crippen LogP contribution is -2.39. The van der Waals surface area contributed by atoms with Crippen LogP contribution in [0.5, 0.6) is 0 Å². The predicted molar refractivity (Wildman–Crippen MR) is 102 cm³/mol. The van der Waals surface area contributed by atoms with Crippen LogP contribution < -0.4 is 10.2 Å². The molecule has 0 spiro atoms. The molecule has 0 saturated carbocycles. The van der Waals surface area contributed by atoms with Crippen molar-refractivity contribution in [3.05, 3.63) is 23.8 Å². The van der Waals surface area contributed by atoms with E-state index < -0.39 is 0 Å². The predicted octanol–water partition coefficient (Wildman–Crippen LogP) is 2.73. The average Bonchev–Trinajstić information content (AvgIpc) is 2.51. The van der Waals surface area contributed by atoms with Gasteiger partial charge in [-0.05, 0) is 36.6 Å². The van der Waals surface area contributed by atoms with Crippen molar-refractivity contribution in [1.82, 2.24) is 4.90 Å². The van der Waals surface area contributed by atoms with Crippen LogP contribution in [0.15, 0.2) is 18.2 Å². The van der Waals surface area contributed by atoms with Crippen molar-refractivity contribution in [2.75, 3.05) is 38.0 Å². The van der Waals surface area contributed by atoms with Crippen LogP contribution in [-0.2, 0) is 20.9 Å². The van der Waals surface area contributed by atoms with E-state index in [0.717, 1.165) is 11.3 Å². The second kappa shape index (κ2) is 9.42. The normalized spacial score (nSPS) is 12.0. The smallest absolute Gasteiger partial charge is 0.250 e. The van der Waals surface area contributed by atoms with Crippen molar-refractivity contribution < 1.29 is 14.3 Å². The molecule has 6 heteroatoms. The maximum absolute atomic E-state index is 12.1. The molecule has 1 atom stereocenters. The number of hydrogen-bond acceptors (Lipinski definition) is 4. The molecule has 1 rings (SSSR count). The summed E-state index contributed by atoms with van der Waals surface area (Å²) in [5.74, 6) is 0.195. The number of methoxy groups -OCH3 is 1. The van der Waals surface area contributed by atoms with E-state index in [4.69, 9.17) is 4.74 Å². The molecule has 0 aliphatic rings. The van der Waals surface area contributed by atoms with Crippen LogP contribution in [0.4, 0.5) is 11.4 Å². The van der Waals surface area contributed by atoms with E-state index in [1.165, 1.54) is 7.11 Å². The monoisotopic (exact) mass is 349 g/mol. The van der Waals surface area contributed by atoms with Crippen molar-refractivity contribution >= 4 is 23.2 Å². The van der Waals surface area contributed by atoms with Gasteiger partial charge in [0, 0.05) is 52.1 Å². The third kappa shape index (κ3) is 6.05. The van der Waals surface area contributed by atoms with Gasteiger partial charge >= 0.3 is 0 Å². The van der Waals surface area contributed by atoms with E-state index in [-0.39, 0.29) is 24.5 Å². The zero-order valence-electron chi connectivity index (χ0n) is 16.4. The Morgan fingerprint density at radius 3 is 2.32 bits per heavy atom. The standard InChI is InChI=1S/C19H31N3O3/c1-13(2)14(3)22(15(4)23)11-16-10-17(20-19(24)12-25-7)8-9-18(16)21(5)6/h8-10,13-14H,11-12H2,1-7H3,(H,20,24)/t14-/m1/s1. The lowest BCUT2D eigenvalue weighted by Gasteiger charge is -2.32. The molecule has 140 valence electrons. The summed E-state index contributed by atoms with van der Waals surface area (Å²) in [6, 6.07) is 5.86. The zero-order valence-corrected chi connectivity index (χ0v) is 16.4. The number of nitrogens with zero attached hydrogens (tertiary/aromatic N) is 2. The molecule has 0 unspecified atom stereocenters. The van der Waals surface area contributed by atoms with Crippen LogP contribution in [0.1, 0.15) is 33.3 Å². The largest absolute Gasteiger partial charge is 0.377 e. The summed E-state index contributed by atoms with van der Waals surface area (Å²) in [7, 11) is 5.41. The molecule has 0 aromatic heterocycles. The number of ether oxygens (including phenoxy) is 1. The first-order valence-corrected chi connectivity index (χ1v) is 8.53. The third-order valence-corrected chi connectivity index (χ3v) is 4.32. The first-order valence-electron chi connectivity index (χ1n) is 8.53. The molecular weight excluding hydrogens is 318 g/mol. The molecule has 1 aromatic carbocycles. The molecule has 0 aliphatic heterocycles. The SMILES string of the molecule is COCC(=O)Nc1ccc(N(C)C)c(CN(C(C)=O)[C@H](C)C(C)C)c1. The minimum absolute atomic E-state index is 0.00865. The minimum Gasteiger partial charge on any atom is -0.377 e. The molecule has 0 bridgehead atoms. The van der Waals surface area contributed by atoms with Gasteiger partial charge < -0.3 is 19.9 Å². The quantitative estimate of drug-likeness (QED) is 0.784. The van der Waals surface area contributed by atoms with Crippen molar-refractivity contribution in [1.29, 1.82) is 0 Å². The van der Waals surface area contributed by atoms with Gasteiger partial charge in [-0.3, -0.25) is 9.59 Å². The highest BCUT2D eigenvalue weighted by molar-refractivity contribution is 5.92. The summed E-state index contributed by atoms with van der Waals surface area (Å²) in [5.41, 5.74) is 2.71. The van der Waals surface area contributed by atoms with Gasteiger partial charge in [0.05, 0.1) is 0 Å². The van der Waals surface area contributed by atoms with Gasteiger partial charge in [-0.15, -0.1) is 0 Å². The van der Waals surface area contributed by atoms with E-state index >= 15 is 0 Å². The highest BCUT2D eigenvalue weighted by atomic mass is 16.5. The Kier molecular flexibility index (Phi) is 7.90. The summed E-state index contributed by atoms with van der Waals surface area (Å²) < 4.78 is 4.85. The molecule has 2 amide bonds. The molecule has 0 radical (unpaired) electrons. The van der Waals surface area contributed by atoms with Gasteiger partial charge in [0.1, 0.15) is 6.61 Å². The highest BCUT2D eigenvalue weighted by Crippen LogP contribution is 2.26. The molecular formula is C19H31N3O3. The highest BCUT2D eigenvalue weighted by Gasteiger charge is 2.21. The summed E-state index contributed by atoms with van der Waals surface area (Å²) in [6.07, 6.45) is 0. The van der Waals surface area contributed by atoms with Crippen molar-refractivity contribution in [3.63, 3.8) is 0 Å². The van der Waals surface area contributed by atoms with Crippen LogP contribution in [0.3, 0.4) is 0 Å². The van der Waals surface area contributed by atoms with Crippen LogP contribution in [0.2, 0.25) is 0 Å². The molecule has 1 N–H and O–H groups in total. The van der Waals surface area contributed by atoms with Gasteiger partial charge in [-0.2, -0.15) is 0 Å². The second-order valence-corrected chi connectivity index (χ2v) is 6.85. The number of nitrogens with one attached hydrogen (secondary N) is 1. The fourth-order valence-corrected chi connectivity index (χ4v) is 2.64. The maximum Gasteiger partial charge on any atom is 0.250 e. The van der Waals surface area contributed by atoms with Gasteiger partial charge in [0.25, 0.3) is 0 Å². The van der Waals surface area contributed by atoms with E-state index in [0.29, 0.717) is 18.2 Å². The van der Waals surface area contributed by atoms with E-state index in [2.05, 4.69) is 26.1 Å². The zero-order chi connectivity index (χ0) is 19.1. The van der Waals surface area contributed by atoms with Crippen LogP contribution in [0, 0.1) is 5.92 Å². The lowest BCUT2D eigenvalue weighted by molar-refractivity contribution is -0.132. The summed E-state index contributed by atoms with van der Waals surface area (Å²) in [5, 5.41) is 2.82. The molecule has 0 fully saturated rings. The Morgan fingerprint density at radius 2 is 1.84 bits per heavy atom. The third-order valence-electron chi connectivity index (χ3n) is 4.32. The van der Waals surface area contributed by atoms with E-state index in [1.54, 1.807) is 6.92 Å². The Morgan fingerprint density at radius 1 is 1.20 bits per heavy atom. The van der Waals surface area contributed by atoms with Crippen molar-refractivity contribution in [3.8, 4) is 0 Å². The molecule has 1 aromatic rings. The molecule has 0 heterocycles. The number of carbonyl (C=O) groups is 2. The molecule has 25 heavy (non-hydrogen) atoms. The lowest BCUT2D eigenvalue weighted by atomic mass is 10.0. The number of amides is 2. The Labute approximate surface area is 151 Å². The Bertz CT molecular complexity index is 600. The van der Waals surface area contributed by atoms with E-state index in [9.17, 15) is 9.59 Å². The number of benzene rings is 1. The summed E-state index contributed by atoms with van der Waals surface area (Å²) in [4.78, 5) is 27.8. The van der Waals surface area contributed by atoms with E-state index in [1.807, 2.05) is 42.1 Å². The van der Waals surface area contributed by atoms with Crippen molar-refractivity contribution in [2.24, 2.45) is 5.92 Å². The average molecular weight is 349 g/mol. The molecule has 0 aliphatic carbocycles. The van der Waals surface area contributed by atoms with Gasteiger partial charge in [-0.1, -0.05) is 13.8 Å². The number of carbonyl (C=O) groups excluding carboxylic acids is 2. The Hall–Kier alpha value is -2.08. The fraction of sp³-hybridized carbons (Fsp3) is 0.579. The first kappa shape index (κ1) is 21.0. The van der Waals surface area contributed by atoms with Crippen molar-refractivity contribution in [2.45, 2.75) is 40.3 Å². The minimum atomic E-state index is -0.204. The van der Waals surface area contributed by atoms with Crippen LogP contribution in [-0.4, -0.2) is 50.6 Å². The number of anilines is 2. The fourth-order valence-electron chi connectivity index (χ4n) is 2.64. The van der Waals surface area contributed by atoms with Gasteiger partial charge in [0.15, 0.2) is 0 Å². The van der Waals surface area contributed by atoms with Crippen LogP contribution >= 0.6 is 0 Å². The number of hydrogen-bond donors (Lipinski definition) is 1. The van der Waals surface area contributed by atoms with Crippen LogP contribution in [0.25, 0.3) is 0 Å². The maximum atomic E-state index is 12.1. The van der Waals surface area contributed by atoms with Gasteiger partial charge in [-0.25, -0.2) is 0 Å². The summed E-state index contributed by atoms with van der Waals surface area (Å²) >= 11 is 0. The Balaban J connectivity index is 3.15. The van der Waals surface area contributed by atoms with Gasteiger partial charge in [0.2, 0.25) is 11.8 Å². The topological polar surface area (TPSA) is 61.9 Å². The summed E-state index contributed by atoms with van der Waals surface area (Å²) in [6.45, 7) is 8.37. The molecule has 6 nitrogen and oxygen atoms in total.